The molecule has 0 radical (unpaired) electrons. The molecule has 3 aromatic rings. The van der Waals surface area contributed by atoms with Crippen LogP contribution in [0, 0.1) is 0 Å². The van der Waals surface area contributed by atoms with Crippen molar-refractivity contribution >= 4 is 70.3 Å². The molecule has 2 aromatic carbocycles. The van der Waals surface area contributed by atoms with Gasteiger partial charge >= 0.3 is 0 Å². The van der Waals surface area contributed by atoms with Crippen molar-refractivity contribution in [3.63, 3.8) is 0 Å². The van der Waals surface area contributed by atoms with Crippen LogP contribution in [0.3, 0.4) is 0 Å². The van der Waals surface area contributed by atoms with E-state index in [4.69, 9.17) is 4.42 Å². The summed E-state index contributed by atoms with van der Waals surface area (Å²) in [6.45, 7) is 15.2. The van der Waals surface area contributed by atoms with Gasteiger partial charge in [0.05, 0.1) is 10.8 Å². The molecule has 1 aromatic heterocycles. The summed E-state index contributed by atoms with van der Waals surface area (Å²) in [6.07, 6.45) is 0. The molecule has 0 fully saturated rings. The summed E-state index contributed by atoms with van der Waals surface area (Å²) in [6, 6.07) is 11.9. The van der Waals surface area contributed by atoms with E-state index in [0.29, 0.717) is 21.9 Å². The van der Waals surface area contributed by atoms with E-state index in [1.165, 1.54) is 0 Å². The molecule has 3 rings (SSSR count). The number of benzene rings is 2. The lowest BCUT2D eigenvalue weighted by molar-refractivity contribution is 0.324. The van der Waals surface area contributed by atoms with Crippen LogP contribution >= 0.6 is 48.3 Å². The Morgan fingerprint density at radius 3 is 1.45 bits per heavy atom. The smallest absolute Gasteiger partial charge is 0.200 e. The second-order valence-corrected chi connectivity index (χ2v) is 9.83. The molecule has 0 aliphatic carbocycles. The summed E-state index contributed by atoms with van der Waals surface area (Å²) in [5.74, 6) is 2.05. The Labute approximate surface area is 218 Å². The van der Waals surface area contributed by atoms with Gasteiger partial charge in [0.1, 0.15) is 11.2 Å². The fraction of sp³-hybridized carbons (Fsp3) is 0.480. The zero-order valence-corrected chi connectivity index (χ0v) is 23.2. The van der Waals surface area contributed by atoms with Crippen molar-refractivity contribution in [2.45, 2.75) is 37.5 Å². The summed E-state index contributed by atoms with van der Waals surface area (Å²) < 4.78 is 6.20. The highest BCUT2D eigenvalue weighted by Gasteiger charge is 2.10. The van der Waals surface area contributed by atoms with Gasteiger partial charge in [0.2, 0.25) is 5.43 Å². The van der Waals surface area contributed by atoms with Crippen LogP contribution in [0.1, 0.15) is 27.7 Å². The molecule has 33 heavy (non-hydrogen) atoms. The van der Waals surface area contributed by atoms with E-state index in [1.807, 2.05) is 59.9 Å². The summed E-state index contributed by atoms with van der Waals surface area (Å²) in [5.41, 5.74) is 1.40. The number of thioether (sulfide) groups is 2. The second kappa shape index (κ2) is 15.2. The van der Waals surface area contributed by atoms with Gasteiger partial charge in [-0.3, -0.25) is 4.79 Å². The maximum atomic E-state index is 13.0. The molecule has 8 heteroatoms. The summed E-state index contributed by atoms with van der Waals surface area (Å²) in [5, 5.41) is 1.31. The van der Waals surface area contributed by atoms with Crippen molar-refractivity contribution in [2.75, 3.05) is 50.8 Å². The van der Waals surface area contributed by atoms with Gasteiger partial charge < -0.3 is 14.2 Å². The van der Waals surface area contributed by atoms with Gasteiger partial charge in [0, 0.05) is 34.4 Å². The lowest BCUT2D eigenvalue weighted by Gasteiger charge is -2.17. The Balaban J connectivity index is 0.00000272. The van der Waals surface area contributed by atoms with E-state index in [-0.39, 0.29) is 30.2 Å². The fourth-order valence-electron chi connectivity index (χ4n) is 3.66. The zero-order valence-electron chi connectivity index (χ0n) is 20.0. The largest absolute Gasteiger partial charge is 0.456 e. The first kappa shape index (κ1) is 30.1. The Hall–Kier alpha value is -0.890. The first-order valence-corrected chi connectivity index (χ1v) is 13.3. The Kier molecular flexibility index (Phi) is 13.9. The van der Waals surface area contributed by atoms with E-state index in [9.17, 15) is 4.79 Å². The van der Waals surface area contributed by atoms with E-state index in [1.54, 1.807) is 0 Å². The number of rotatable bonds is 12. The van der Waals surface area contributed by atoms with Crippen molar-refractivity contribution in [1.29, 1.82) is 0 Å². The molecular formula is C25H36Cl2N2O2S2. The summed E-state index contributed by atoms with van der Waals surface area (Å²) >= 11 is 3.63. The lowest BCUT2D eigenvalue weighted by Crippen LogP contribution is -2.25. The quantitative estimate of drug-likeness (QED) is 0.192. The minimum atomic E-state index is 0. The molecule has 0 aliphatic heterocycles. The number of nitrogens with zero attached hydrogens (tertiary/aromatic N) is 2. The fourth-order valence-corrected chi connectivity index (χ4v) is 5.54. The third-order valence-corrected chi connectivity index (χ3v) is 7.70. The van der Waals surface area contributed by atoms with Crippen molar-refractivity contribution in [1.82, 2.24) is 9.80 Å². The molecule has 1 heterocycles. The topological polar surface area (TPSA) is 36.7 Å². The molecule has 0 saturated carbocycles. The van der Waals surface area contributed by atoms with Gasteiger partial charge in [0.25, 0.3) is 0 Å². The normalized spacial score (nSPS) is 11.2. The molecule has 0 N–H and O–H groups in total. The third-order valence-electron chi connectivity index (χ3n) is 5.76. The van der Waals surface area contributed by atoms with Crippen LogP contribution in [-0.4, -0.2) is 60.6 Å². The molecule has 0 atom stereocenters. The van der Waals surface area contributed by atoms with Gasteiger partial charge in [0.15, 0.2) is 0 Å². The van der Waals surface area contributed by atoms with Gasteiger partial charge in [-0.25, -0.2) is 0 Å². The Bertz CT molecular complexity index is 975. The maximum absolute atomic E-state index is 13.0. The van der Waals surface area contributed by atoms with Crippen LogP contribution in [0.5, 0.6) is 0 Å². The van der Waals surface area contributed by atoms with Gasteiger partial charge in [-0.2, -0.15) is 0 Å². The van der Waals surface area contributed by atoms with Crippen LogP contribution in [0.4, 0.5) is 0 Å². The predicted molar refractivity (Wildman–Crippen MR) is 152 cm³/mol. The SMILES string of the molecule is CCN(CC)CCSc1ccc2c(=O)c3ccc(SCCN(CC)CC)cc3oc2c1.Cl.Cl. The first-order chi connectivity index (χ1) is 15.1. The zero-order chi connectivity index (χ0) is 22.2. The van der Waals surface area contributed by atoms with Crippen molar-refractivity contribution in [3.8, 4) is 0 Å². The van der Waals surface area contributed by atoms with Gasteiger partial charge in [-0.1, -0.05) is 27.7 Å². The number of halogens is 2. The van der Waals surface area contributed by atoms with Crippen LogP contribution in [-0.2, 0) is 0 Å². The molecule has 0 saturated heterocycles. The van der Waals surface area contributed by atoms with Gasteiger partial charge in [-0.05, 0) is 62.6 Å². The second-order valence-electron chi connectivity index (χ2n) is 7.50. The van der Waals surface area contributed by atoms with E-state index >= 15 is 0 Å². The molecule has 4 nitrogen and oxygen atoms in total. The van der Waals surface area contributed by atoms with Crippen LogP contribution in [0.2, 0.25) is 0 Å². The Morgan fingerprint density at radius 1 is 0.697 bits per heavy atom. The van der Waals surface area contributed by atoms with E-state index in [2.05, 4.69) is 37.5 Å². The Morgan fingerprint density at radius 2 is 1.09 bits per heavy atom. The monoisotopic (exact) mass is 530 g/mol. The highest BCUT2D eigenvalue weighted by molar-refractivity contribution is 7.99. The average Bonchev–Trinajstić information content (AvgIpc) is 2.79. The summed E-state index contributed by atoms with van der Waals surface area (Å²) in [4.78, 5) is 20.1. The molecule has 0 bridgehead atoms. The molecule has 0 spiro atoms. The molecule has 184 valence electrons. The number of fused-ring (bicyclic) bond motifs is 2. The van der Waals surface area contributed by atoms with Crippen LogP contribution in [0.25, 0.3) is 21.9 Å². The highest BCUT2D eigenvalue weighted by atomic mass is 35.5. The minimum Gasteiger partial charge on any atom is -0.456 e. The molecular weight excluding hydrogens is 495 g/mol. The van der Waals surface area contributed by atoms with E-state index < -0.39 is 0 Å². The predicted octanol–water partition coefficient (Wildman–Crippen LogP) is 6.66. The molecule has 0 aliphatic rings. The third kappa shape index (κ3) is 8.08. The average molecular weight is 532 g/mol. The van der Waals surface area contributed by atoms with Crippen LogP contribution in [0.15, 0.2) is 55.4 Å². The molecule has 0 unspecified atom stereocenters. The standard InChI is InChI=1S/C25H34N2O2S2.2ClH/c1-5-26(6-2)13-15-30-19-9-11-21-23(17-19)29-24-18-20(10-12-22(24)25(21)28)31-16-14-27(7-3)8-4;;/h9-12,17-18H,5-8,13-16H2,1-4H3;2*1H. The van der Waals surface area contributed by atoms with E-state index in [0.717, 1.165) is 60.6 Å². The van der Waals surface area contributed by atoms with Crippen molar-refractivity contribution < 1.29 is 4.42 Å². The summed E-state index contributed by atoms with van der Waals surface area (Å²) in [7, 11) is 0. The highest BCUT2D eigenvalue weighted by Crippen LogP contribution is 2.27. The minimum absolute atomic E-state index is 0. The molecule has 0 amide bonds. The number of hydrogen-bond donors (Lipinski definition) is 0. The van der Waals surface area contributed by atoms with Crippen LogP contribution < -0.4 is 5.43 Å². The van der Waals surface area contributed by atoms with Gasteiger partial charge in [-0.15, -0.1) is 48.3 Å². The van der Waals surface area contributed by atoms with Crippen molar-refractivity contribution in [3.05, 3.63) is 46.6 Å². The van der Waals surface area contributed by atoms with Crippen molar-refractivity contribution in [2.24, 2.45) is 0 Å². The first-order valence-electron chi connectivity index (χ1n) is 11.3. The lowest BCUT2D eigenvalue weighted by atomic mass is 10.1. The number of hydrogen-bond acceptors (Lipinski definition) is 6. The maximum Gasteiger partial charge on any atom is 0.200 e.